The van der Waals surface area contributed by atoms with Gasteiger partial charge >= 0.3 is 0 Å². The fraction of sp³-hybridized carbons (Fsp3) is 0.467. The van der Waals surface area contributed by atoms with Crippen LogP contribution in [0.15, 0.2) is 16.9 Å². The number of rotatable bonds is 3. The molecule has 0 aliphatic carbocycles. The van der Waals surface area contributed by atoms with Gasteiger partial charge in [0.1, 0.15) is 11.9 Å². The van der Waals surface area contributed by atoms with Crippen LogP contribution < -0.4 is 5.32 Å². The number of hydrogen-bond acceptors (Lipinski definition) is 7. The highest BCUT2D eigenvalue weighted by Crippen LogP contribution is 2.25. The lowest BCUT2D eigenvalue weighted by molar-refractivity contribution is -0.00680. The molecule has 23 heavy (non-hydrogen) atoms. The molecule has 122 valence electrons. The highest BCUT2D eigenvalue weighted by atomic mass is 16.5. The molecule has 1 unspecified atom stereocenters. The van der Waals surface area contributed by atoms with Crippen molar-refractivity contribution in [1.29, 1.82) is 0 Å². The summed E-state index contributed by atoms with van der Waals surface area (Å²) >= 11 is 0. The first-order valence-corrected chi connectivity index (χ1v) is 7.42. The zero-order chi connectivity index (χ0) is 16.4. The standard InChI is InChI=1S/C15H19N5O3/c1-9-6-12(16-3)19-14(18-9)11-7-22-5-4-20(11)15(21)13-10(2)17-8-23-13/h6,8,11H,4-5,7H2,1-3H3,(H,16,18,19). The molecular weight excluding hydrogens is 298 g/mol. The van der Waals surface area contributed by atoms with Crippen molar-refractivity contribution in [2.45, 2.75) is 19.9 Å². The number of aromatic nitrogens is 3. The van der Waals surface area contributed by atoms with E-state index in [-0.39, 0.29) is 17.7 Å². The molecule has 1 aliphatic rings. The summed E-state index contributed by atoms with van der Waals surface area (Å²) in [6, 6.07) is 1.49. The van der Waals surface area contributed by atoms with Crippen LogP contribution >= 0.6 is 0 Å². The number of carbonyl (C=O) groups excluding carboxylic acids is 1. The van der Waals surface area contributed by atoms with E-state index in [4.69, 9.17) is 9.15 Å². The second kappa shape index (κ2) is 6.33. The van der Waals surface area contributed by atoms with Crippen LogP contribution in [0.1, 0.15) is 33.8 Å². The fourth-order valence-corrected chi connectivity index (χ4v) is 2.57. The molecule has 1 aliphatic heterocycles. The maximum absolute atomic E-state index is 12.8. The fourth-order valence-electron chi connectivity index (χ4n) is 2.57. The zero-order valence-corrected chi connectivity index (χ0v) is 13.4. The monoisotopic (exact) mass is 317 g/mol. The first-order chi connectivity index (χ1) is 11.1. The minimum absolute atomic E-state index is 0.218. The van der Waals surface area contributed by atoms with E-state index in [1.54, 1.807) is 18.9 Å². The second-order valence-corrected chi connectivity index (χ2v) is 5.36. The van der Waals surface area contributed by atoms with Crippen molar-refractivity contribution in [1.82, 2.24) is 19.9 Å². The number of oxazole rings is 1. The predicted octanol–water partition coefficient (Wildman–Crippen LogP) is 1.34. The largest absolute Gasteiger partial charge is 0.438 e. The van der Waals surface area contributed by atoms with Gasteiger partial charge in [-0.1, -0.05) is 0 Å². The summed E-state index contributed by atoms with van der Waals surface area (Å²) in [6.07, 6.45) is 1.28. The molecule has 3 rings (SSSR count). The Balaban J connectivity index is 1.94. The van der Waals surface area contributed by atoms with Crippen LogP contribution in [0.5, 0.6) is 0 Å². The van der Waals surface area contributed by atoms with Gasteiger partial charge in [0.25, 0.3) is 5.91 Å². The van der Waals surface area contributed by atoms with E-state index in [0.29, 0.717) is 37.1 Å². The molecule has 1 N–H and O–H groups in total. The van der Waals surface area contributed by atoms with Gasteiger partial charge in [0.15, 0.2) is 12.2 Å². The summed E-state index contributed by atoms with van der Waals surface area (Å²) in [5, 5.41) is 3.00. The zero-order valence-electron chi connectivity index (χ0n) is 13.4. The molecule has 2 aromatic heterocycles. The third kappa shape index (κ3) is 3.02. The predicted molar refractivity (Wildman–Crippen MR) is 82.2 cm³/mol. The number of anilines is 1. The summed E-state index contributed by atoms with van der Waals surface area (Å²) in [4.78, 5) is 27.4. The molecule has 3 heterocycles. The number of amides is 1. The molecular formula is C15H19N5O3. The van der Waals surface area contributed by atoms with Crippen molar-refractivity contribution in [2.24, 2.45) is 0 Å². The van der Waals surface area contributed by atoms with E-state index in [9.17, 15) is 4.79 Å². The molecule has 8 nitrogen and oxygen atoms in total. The Morgan fingerprint density at radius 3 is 2.91 bits per heavy atom. The molecule has 0 spiro atoms. The molecule has 1 amide bonds. The van der Waals surface area contributed by atoms with Crippen molar-refractivity contribution < 1.29 is 13.9 Å². The van der Waals surface area contributed by atoms with E-state index in [1.807, 2.05) is 13.0 Å². The SMILES string of the molecule is CNc1cc(C)nc(C2COCCN2C(=O)c2ocnc2C)n1. The number of nitrogens with zero attached hydrogens (tertiary/aromatic N) is 4. The van der Waals surface area contributed by atoms with Crippen LogP contribution in [0.3, 0.4) is 0 Å². The van der Waals surface area contributed by atoms with E-state index >= 15 is 0 Å². The first-order valence-electron chi connectivity index (χ1n) is 7.42. The van der Waals surface area contributed by atoms with Crippen molar-refractivity contribution in [3.8, 4) is 0 Å². The van der Waals surface area contributed by atoms with Crippen molar-refractivity contribution in [2.75, 3.05) is 32.1 Å². The van der Waals surface area contributed by atoms with Crippen LogP contribution in [0.25, 0.3) is 0 Å². The van der Waals surface area contributed by atoms with Gasteiger partial charge < -0.3 is 19.4 Å². The smallest absolute Gasteiger partial charge is 0.292 e. The van der Waals surface area contributed by atoms with Crippen LogP contribution in [-0.4, -0.2) is 52.6 Å². The average molecular weight is 317 g/mol. The van der Waals surface area contributed by atoms with E-state index < -0.39 is 0 Å². The third-order valence-electron chi connectivity index (χ3n) is 3.75. The molecule has 2 aromatic rings. The molecule has 0 radical (unpaired) electrons. The van der Waals surface area contributed by atoms with Gasteiger partial charge in [-0.25, -0.2) is 15.0 Å². The normalized spacial score (nSPS) is 18.0. The molecule has 1 saturated heterocycles. The maximum Gasteiger partial charge on any atom is 0.292 e. The lowest BCUT2D eigenvalue weighted by Crippen LogP contribution is -2.44. The number of ether oxygens (including phenoxy) is 1. The highest BCUT2D eigenvalue weighted by molar-refractivity contribution is 5.92. The van der Waals surface area contributed by atoms with Gasteiger partial charge in [-0.3, -0.25) is 4.79 Å². The van der Waals surface area contributed by atoms with Gasteiger partial charge in [-0.05, 0) is 13.8 Å². The molecule has 0 aromatic carbocycles. The number of aryl methyl sites for hydroxylation is 2. The van der Waals surface area contributed by atoms with E-state index in [0.717, 1.165) is 5.69 Å². The molecule has 1 atom stereocenters. The Kier molecular flexibility index (Phi) is 4.24. The summed E-state index contributed by atoms with van der Waals surface area (Å²) in [5.41, 5.74) is 1.40. The lowest BCUT2D eigenvalue weighted by Gasteiger charge is -2.34. The summed E-state index contributed by atoms with van der Waals surface area (Å²) in [7, 11) is 1.80. The minimum atomic E-state index is -0.354. The molecule has 8 heteroatoms. The van der Waals surface area contributed by atoms with Crippen LogP contribution in [0.4, 0.5) is 5.82 Å². The highest BCUT2D eigenvalue weighted by Gasteiger charge is 2.33. The number of morpholine rings is 1. The van der Waals surface area contributed by atoms with E-state index in [2.05, 4.69) is 20.3 Å². The Labute approximate surface area is 133 Å². The van der Waals surface area contributed by atoms with Crippen LogP contribution in [0, 0.1) is 13.8 Å². The first kappa shape index (κ1) is 15.4. The second-order valence-electron chi connectivity index (χ2n) is 5.36. The van der Waals surface area contributed by atoms with Crippen LogP contribution in [-0.2, 0) is 4.74 Å². The third-order valence-corrected chi connectivity index (χ3v) is 3.75. The Hall–Kier alpha value is -2.48. The summed E-state index contributed by atoms with van der Waals surface area (Å²) in [6.45, 7) is 4.92. The topological polar surface area (TPSA) is 93.4 Å². The summed E-state index contributed by atoms with van der Waals surface area (Å²) in [5.74, 6) is 1.30. The average Bonchev–Trinajstić information content (AvgIpc) is 2.99. The number of carbonyl (C=O) groups is 1. The molecule has 0 saturated carbocycles. The molecule has 0 bridgehead atoms. The van der Waals surface area contributed by atoms with Gasteiger partial charge in [0, 0.05) is 25.4 Å². The Morgan fingerprint density at radius 2 is 2.22 bits per heavy atom. The van der Waals surface area contributed by atoms with Crippen molar-refractivity contribution in [3.05, 3.63) is 35.4 Å². The van der Waals surface area contributed by atoms with Gasteiger partial charge in [-0.15, -0.1) is 0 Å². The number of hydrogen-bond donors (Lipinski definition) is 1. The Bertz CT molecular complexity index is 715. The van der Waals surface area contributed by atoms with Gasteiger partial charge in [0.2, 0.25) is 5.76 Å². The minimum Gasteiger partial charge on any atom is -0.438 e. The quantitative estimate of drug-likeness (QED) is 0.913. The van der Waals surface area contributed by atoms with Gasteiger partial charge in [0.05, 0.1) is 18.9 Å². The van der Waals surface area contributed by atoms with Gasteiger partial charge in [-0.2, -0.15) is 0 Å². The van der Waals surface area contributed by atoms with E-state index in [1.165, 1.54) is 6.39 Å². The summed E-state index contributed by atoms with van der Waals surface area (Å²) < 4.78 is 10.8. The maximum atomic E-state index is 12.8. The Morgan fingerprint density at radius 1 is 1.39 bits per heavy atom. The number of nitrogens with one attached hydrogen (secondary N) is 1. The van der Waals surface area contributed by atoms with Crippen LogP contribution in [0.2, 0.25) is 0 Å². The molecule has 1 fully saturated rings. The lowest BCUT2D eigenvalue weighted by atomic mass is 10.1. The van der Waals surface area contributed by atoms with Crippen molar-refractivity contribution in [3.63, 3.8) is 0 Å². The van der Waals surface area contributed by atoms with Crippen molar-refractivity contribution >= 4 is 11.7 Å².